The van der Waals surface area contributed by atoms with Crippen molar-refractivity contribution in [3.05, 3.63) is 45.2 Å². The van der Waals surface area contributed by atoms with E-state index in [2.05, 4.69) is 16.0 Å². The lowest BCUT2D eigenvalue weighted by Gasteiger charge is -2.27. The van der Waals surface area contributed by atoms with E-state index < -0.39 is 5.91 Å². The number of primary amides is 1. The Morgan fingerprint density at radius 3 is 3.04 bits per heavy atom. The Bertz CT molecular complexity index is 672. The van der Waals surface area contributed by atoms with Crippen molar-refractivity contribution in [3.8, 4) is 0 Å². The first-order valence-electron chi connectivity index (χ1n) is 7.48. The second kappa shape index (κ2) is 7.29. The summed E-state index contributed by atoms with van der Waals surface area (Å²) in [5.41, 5.74) is 5.59. The second-order valence-corrected chi connectivity index (χ2v) is 6.93. The molecule has 2 aromatic rings. The molecule has 1 aliphatic heterocycles. The highest BCUT2D eigenvalue weighted by Crippen LogP contribution is 2.28. The van der Waals surface area contributed by atoms with Crippen LogP contribution in [0.3, 0.4) is 0 Å². The average Bonchev–Trinajstić information content (AvgIpc) is 3.20. The van der Waals surface area contributed by atoms with E-state index in [-0.39, 0.29) is 6.10 Å². The Balaban J connectivity index is 1.85. The summed E-state index contributed by atoms with van der Waals surface area (Å²) in [6.07, 6.45) is 3.78. The third-order valence-electron chi connectivity index (χ3n) is 3.78. The van der Waals surface area contributed by atoms with Crippen LogP contribution in [0.5, 0.6) is 0 Å². The van der Waals surface area contributed by atoms with Gasteiger partial charge in [0, 0.05) is 24.2 Å². The van der Waals surface area contributed by atoms with Crippen LogP contribution in [0.15, 0.2) is 29.8 Å². The molecule has 1 amide bonds. The van der Waals surface area contributed by atoms with Crippen molar-refractivity contribution in [1.29, 1.82) is 0 Å². The first-order chi connectivity index (χ1) is 11.1. The van der Waals surface area contributed by atoms with Gasteiger partial charge in [0.1, 0.15) is 5.82 Å². The van der Waals surface area contributed by atoms with E-state index in [1.807, 2.05) is 11.4 Å². The van der Waals surface area contributed by atoms with Crippen LogP contribution < -0.4 is 10.6 Å². The molecule has 3 heterocycles. The monoisotopic (exact) mass is 351 g/mol. The molecule has 1 unspecified atom stereocenters. The standard InChI is InChI=1S/C16H18ClN3O2S/c17-14-7-11(15(18)21)8-19-16(14)20(9-12-3-1-5-22-12)10-13-4-2-6-23-13/h2,4,6-8,12H,1,3,5,9-10H2,(H2,18,21). The maximum atomic E-state index is 11.3. The van der Waals surface area contributed by atoms with E-state index in [1.165, 1.54) is 11.1 Å². The number of rotatable bonds is 6. The molecular formula is C16H18ClN3O2S. The minimum Gasteiger partial charge on any atom is -0.376 e. The van der Waals surface area contributed by atoms with Gasteiger partial charge in [-0.1, -0.05) is 17.7 Å². The SMILES string of the molecule is NC(=O)c1cnc(N(Cc2cccs2)CC2CCCO2)c(Cl)c1. The third kappa shape index (κ3) is 4.02. The fraction of sp³-hybridized carbons (Fsp3) is 0.375. The summed E-state index contributed by atoms with van der Waals surface area (Å²) in [6, 6.07) is 5.68. The van der Waals surface area contributed by atoms with Crippen molar-refractivity contribution >= 4 is 34.7 Å². The van der Waals surface area contributed by atoms with Gasteiger partial charge in [0.15, 0.2) is 0 Å². The number of thiophene rings is 1. The fourth-order valence-electron chi connectivity index (χ4n) is 2.65. The molecule has 0 aliphatic carbocycles. The van der Waals surface area contributed by atoms with Gasteiger partial charge in [0.05, 0.1) is 23.2 Å². The Kier molecular flexibility index (Phi) is 5.15. The minimum absolute atomic E-state index is 0.184. The van der Waals surface area contributed by atoms with Crippen LogP contribution in [0, 0.1) is 0 Å². The number of nitrogens with zero attached hydrogens (tertiary/aromatic N) is 2. The molecule has 0 spiro atoms. The van der Waals surface area contributed by atoms with E-state index in [0.29, 0.717) is 22.9 Å². The van der Waals surface area contributed by atoms with Crippen molar-refractivity contribution in [2.45, 2.75) is 25.5 Å². The summed E-state index contributed by atoms with van der Waals surface area (Å²) in [4.78, 5) is 19.0. The van der Waals surface area contributed by atoms with Gasteiger partial charge in [-0.05, 0) is 30.4 Å². The maximum absolute atomic E-state index is 11.3. The van der Waals surface area contributed by atoms with Crippen LogP contribution in [0.1, 0.15) is 28.1 Å². The van der Waals surface area contributed by atoms with Crippen molar-refractivity contribution < 1.29 is 9.53 Å². The van der Waals surface area contributed by atoms with Gasteiger partial charge >= 0.3 is 0 Å². The number of carbonyl (C=O) groups excluding carboxylic acids is 1. The summed E-state index contributed by atoms with van der Waals surface area (Å²) in [5, 5.41) is 2.47. The first-order valence-corrected chi connectivity index (χ1v) is 8.73. The first kappa shape index (κ1) is 16.2. The molecule has 2 N–H and O–H groups in total. The minimum atomic E-state index is -0.533. The third-order valence-corrected chi connectivity index (χ3v) is 4.92. The quantitative estimate of drug-likeness (QED) is 0.868. The van der Waals surface area contributed by atoms with Gasteiger partial charge in [0.2, 0.25) is 5.91 Å². The molecule has 0 aromatic carbocycles. The Labute approximate surface area is 144 Å². The Hall–Kier alpha value is -1.63. The molecule has 0 bridgehead atoms. The Morgan fingerprint density at radius 2 is 2.43 bits per heavy atom. The molecule has 23 heavy (non-hydrogen) atoms. The number of carbonyl (C=O) groups is 1. The zero-order valence-corrected chi connectivity index (χ0v) is 14.1. The summed E-state index contributed by atoms with van der Waals surface area (Å²) in [6.45, 7) is 2.24. The summed E-state index contributed by atoms with van der Waals surface area (Å²) >= 11 is 8.03. The smallest absolute Gasteiger partial charge is 0.250 e. The molecule has 0 saturated carbocycles. The predicted octanol–water partition coefficient (Wildman–Crippen LogP) is 3.08. The molecule has 2 aromatic heterocycles. The molecular weight excluding hydrogens is 334 g/mol. The van der Waals surface area contributed by atoms with E-state index in [9.17, 15) is 4.79 Å². The van der Waals surface area contributed by atoms with E-state index in [1.54, 1.807) is 17.4 Å². The zero-order valence-electron chi connectivity index (χ0n) is 12.6. The molecule has 1 aliphatic rings. The highest BCUT2D eigenvalue weighted by Gasteiger charge is 2.22. The predicted molar refractivity (Wildman–Crippen MR) is 92.1 cm³/mol. The van der Waals surface area contributed by atoms with Crippen molar-refractivity contribution in [1.82, 2.24) is 4.98 Å². The molecule has 1 fully saturated rings. The fourth-order valence-corrected chi connectivity index (χ4v) is 3.65. The molecule has 1 saturated heterocycles. The topological polar surface area (TPSA) is 68.5 Å². The lowest BCUT2D eigenvalue weighted by molar-refractivity contribution is 0.0999. The highest BCUT2D eigenvalue weighted by molar-refractivity contribution is 7.09. The van der Waals surface area contributed by atoms with E-state index in [0.717, 1.165) is 26.0 Å². The van der Waals surface area contributed by atoms with Gasteiger partial charge in [0.25, 0.3) is 0 Å². The lowest BCUT2D eigenvalue weighted by Crippen LogP contribution is -2.32. The summed E-state index contributed by atoms with van der Waals surface area (Å²) < 4.78 is 5.74. The molecule has 1 atom stereocenters. The summed E-state index contributed by atoms with van der Waals surface area (Å²) in [7, 11) is 0. The lowest BCUT2D eigenvalue weighted by atomic mass is 10.2. The number of nitrogens with two attached hydrogens (primary N) is 1. The van der Waals surface area contributed by atoms with Crippen LogP contribution in [-0.4, -0.2) is 30.1 Å². The highest BCUT2D eigenvalue weighted by atomic mass is 35.5. The molecule has 5 nitrogen and oxygen atoms in total. The number of pyridine rings is 1. The average molecular weight is 352 g/mol. The van der Waals surface area contributed by atoms with Crippen molar-refractivity contribution in [2.24, 2.45) is 5.73 Å². The largest absolute Gasteiger partial charge is 0.376 e. The number of aromatic nitrogens is 1. The van der Waals surface area contributed by atoms with Gasteiger partial charge < -0.3 is 15.4 Å². The zero-order chi connectivity index (χ0) is 16.2. The number of amides is 1. The molecule has 122 valence electrons. The Morgan fingerprint density at radius 1 is 1.57 bits per heavy atom. The molecule has 7 heteroatoms. The maximum Gasteiger partial charge on any atom is 0.250 e. The number of hydrogen-bond acceptors (Lipinski definition) is 5. The van der Waals surface area contributed by atoms with Gasteiger partial charge in [-0.15, -0.1) is 11.3 Å². The van der Waals surface area contributed by atoms with Crippen LogP contribution in [0.25, 0.3) is 0 Å². The number of anilines is 1. The molecule has 0 radical (unpaired) electrons. The van der Waals surface area contributed by atoms with Gasteiger partial charge in [-0.2, -0.15) is 0 Å². The van der Waals surface area contributed by atoms with Gasteiger partial charge in [-0.3, -0.25) is 4.79 Å². The number of ether oxygens (including phenoxy) is 1. The van der Waals surface area contributed by atoms with Crippen molar-refractivity contribution in [2.75, 3.05) is 18.1 Å². The second-order valence-electron chi connectivity index (χ2n) is 5.49. The molecule has 3 rings (SSSR count). The summed E-state index contributed by atoms with van der Waals surface area (Å²) in [5.74, 6) is 0.121. The van der Waals surface area contributed by atoms with Gasteiger partial charge in [-0.25, -0.2) is 4.98 Å². The van der Waals surface area contributed by atoms with Crippen molar-refractivity contribution in [3.63, 3.8) is 0 Å². The van der Waals surface area contributed by atoms with Crippen LogP contribution in [-0.2, 0) is 11.3 Å². The number of halogens is 1. The van der Waals surface area contributed by atoms with E-state index >= 15 is 0 Å². The van der Waals surface area contributed by atoms with E-state index in [4.69, 9.17) is 22.1 Å². The van der Waals surface area contributed by atoms with Crippen LogP contribution >= 0.6 is 22.9 Å². The normalized spacial score (nSPS) is 17.3. The number of hydrogen-bond donors (Lipinski definition) is 1. The van der Waals surface area contributed by atoms with Crippen LogP contribution in [0.2, 0.25) is 5.02 Å². The van der Waals surface area contributed by atoms with Crippen LogP contribution in [0.4, 0.5) is 5.82 Å².